The van der Waals surface area contributed by atoms with Gasteiger partial charge in [0.05, 0.1) is 0 Å². The maximum atomic E-state index is 10.1. The van der Waals surface area contributed by atoms with Crippen molar-refractivity contribution in [2.24, 2.45) is 0 Å². The Balaban J connectivity index is 0.000000360. The molecule has 1 aromatic carbocycles. The van der Waals surface area contributed by atoms with Crippen LogP contribution in [0.2, 0.25) is 0 Å². The molecule has 3 heteroatoms. The molecule has 0 aromatic heterocycles. The van der Waals surface area contributed by atoms with E-state index in [4.69, 9.17) is 5.11 Å². The summed E-state index contributed by atoms with van der Waals surface area (Å²) in [5, 5.41) is 11.1. The molecule has 102 valence electrons. The maximum absolute atomic E-state index is 10.1. The first-order valence-corrected chi connectivity index (χ1v) is 6.71. The van der Waals surface area contributed by atoms with E-state index in [2.05, 4.69) is 19.2 Å². The van der Waals surface area contributed by atoms with Gasteiger partial charge in [0.25, 0.3) is 0 Å². The van der Waals surface area contributed by atoms with Gasteiger partial charge in [-0.25, -0.2) is 0 Å². The van der Waals surface area contributed by atoms with Crippen LogP contribution in [0.4, 0.5) is 5.69 Å². The summed E-state index contributed by atoms with van der Waals surface area (Å²) in [6, 6.07) is 9.23. The Labute approximate surface area is 110 Å². The lowest BCUT2D eigenvalue weighted by Crippen LogP contribution is -2.11. The molecule has 0 amide bonds. The summed E-state index contributed by atoms with van der Waals surface area (Å²) in [6.07, 6.45) is 7.01. The van der Waals surface area contributed by atoms with Gasteiger partial charge >= 0.3 is 5.97 Å². The number of carboxylic acids is 1. The molecule has 0 aliphatic carbocycles. The summed E-state index contributed by atoms with van der Waals surface area (Å²) in [5.74, 6) is -0.853. The molecule has 0 heterocycles. The normalized spacial score (nSPS) is 9.22. The SMILES string of the molecule is CCCCCCC.O=C(O)CNc1ccccc1. The molecule has 0 radical (unpaired) electrons. The summed E-state index contributed by atoms with van der Waals surface area (Å²) in [6.45, 7) is 4.45. The van der Waals surface area contributed by atoms with Crippen molar-refractivity contribution in [1.82, 2.24) is 0 Å². The quantitative estimate of drug-likeness (QED) is 0.715. The van der Waals surface area contributed by atoms with E-state index < -0.39 is 5.97 Å². The Morgan fingerprint density at radius 3 is 2.06 bits per heavy atom. The Kier molecular flexibility index (Phi) is 11.0. The van der Waals surface area contributed by atoms with Crippen LogP contribution in [-0.4, -0.2) is 17.6 Å². The van der Waals surface area contributed by atoms with E-state index in [-0.39, 0.29) is 6.54 Å². The van der Waals surface area contributed by atoms with Gasteiger partial charge in [-0.2, -0.15) is 0 Å². The predicted octanol–water partition coefficient (Wildman–Crippen LogP) is 4.16. The van der Waals surface area contributed by atoms with Gasteiger partial charge in [-0.3, -0.25) is 4.79 Å². The van der Waals surface area contributed by atoms with Gasteiger partial charge in [-0.15, -0.1) is 0 Å². The number of anilines is 1. The lowest BCUT2D eigenvalue weighted by Gasteiger charge is -2.00. The molecule has 1 rings (SSSR count). The molecule has 18 heavy (non-hydrogen) atoms. The highest BCUT2D eigenvalue weighted by Gasteiger charge is 1.94. The molecule has 0 aliphatic rings. The van der Waals surface area contributed by atoms with Gasteiger partial charge < -0.3 is 10.4 Å². The topological polar surface area (TPSA) is 49.3 Å². The van der Waals surface area contributed by atoms with E-state index >= 15 is 0 Å². The monoisotopic (exact) mass is 251 g/mol. The smallest absolute Gasteiger partial charge is 0.322 e. The number of benzene rings is 1. The number of para-hydroxylation sites is 1. The number of nitrogens with one attached hydrogen (secondary N) is 1. The van der Waals surface area contributed by atoms with Crippen LogP contribution in [0.3, 0.4) is 0 Å². The van der Waals surface area contributed by atoms with Crippen molar-refractivity contribution in [3.8, 4) is 0 Å². The zero-order chi connectivity index (χ0) is 13.6. The minimum Gasteiger partial charge on any atom is -0.480 e. The van der Waals surface area contributed by atoms with Crippen LogP contribution < -0.4 is 5.32 Å². The van der Waals surface area contributed by atoms with E-state index in [0.29, 0.717) is 0 Å². The van der Waals surface area contributed by atoms with Crippen LogP contribution in [0.5, 0.6) is 0 Å². The molecule has 0 saturated carbocycles. The van der Waals surface area contributed by atoms with Crippen molar-refractivity contribution >= 4 is 11.7 Å². The zero-order valence-corrected chi connectivity index (χ0v) is 11.5. The summed E-state index contributed by atoms with van der Waals surface area (Å²) in [4.78, 5) is 10.1. The first kappa shape index (κ1) is 16.5. The molecule has 0 spiro atoms. The maximum Gasteiger partial charge on any atom is 0.322 e. The molecular weight excluding hydrogens is 226 g/mol. The first-order valence-electron chi connectivity index (χ1n) is 6.71. The fourth-order valence-corrected chi connectivity index (χ4v) is 1.41. The number of aliphatic carboxylic acids is 1. The molecule has 0 saturated heterocycles. The van der Waals surface area contributed by atoms with E-state index in [1.54, 1.807) is 0 Å². The average molecular weight is 251 g/mol. The fourth-order valence-electron chi connectivity index (χ4n) is 1.41. The van der Waals surface area contributed by atoms with Crippen molar-refractivity contribution in [3.05, 3.63) is 30.3 Å². The summed E-state index contributed by atoms with van der Waals surface area (Å²) in [5.41, 5.74) is 0.829. The molecule has 0 aliphatic heterocycles. The second-order valence-corrected chi connectivity index (χ2v) is 4.17. The van der Waals surface area contributed by atoms with Crippen molar-refractivity contribution in [2.45, 2.75) is 46.0 Å². The lowest BCUT2D eigenvalue weighted by molar-refractivity contribution is -0.134. The molecular formula is C15H25NO2. The molecule has 2 N–H and O–H groups in total. The number of unbranched alkanes of at least 4 members (excludes halogenated alkanes) is 4. The van der Waals surface area contributed by atoms with Gasteiger partial charge in [0.2, 0.25) is 0 Å². The van der Waals surface area contributed by atoms with Crippen LogP contribution in [0.1, 0.15) is 46.0 Å². The Morgan fingerprint density at radius 1 is 1.06 bits per heavy atom. The largest absolute Gasteiger partial charge is 0.480 e. The molecule has 1 aromatic rings. The summed E-state index contributed by atoms with van der Waals surface area (Å²) < 4.78 is 0. The Hall–Kier alpha value is -1.51. The van der Waals surface area contributed by atoms with Gasteiger partial charge in [-0.05, 0) is 12.1 Å². The van der Waals surface area contributed by atoms with Gasteiger partial charge in [-0.1, -0.05) is 64.2 Å². The second-order valence-electron chi connectivity index (χ2n) is 4.17. The van der Waals surface area contributed by atoms with Crippen molar-refractivity contribution in [2.75, 3.05) is 11.9 Å². The number of carbonyl (C=O) groups is 1. The van der Waals surface area contributed by atoms with E-state index in [1.807, 2.05) is 30.3 Å². The number of carboxylic acid groups (broad SMARTS) is 1. The molecule has 0 unspecified atom stereocenters. The van der Waals surface area contributed by atoms with Crippen molar-refractivity contribution in [1.29, 1.82) is 0 Å². The van der Waals surface area contributed by atoms with Crippen LogP contribution in [0.15, 0.2) is 30.3 Å². The van der Waals surface area contributed by atoms with Gasteiger partial charge in [0.1, 0.15) is 6.54 Å². The zero-order valence-electron chi connectivity index (χ0n) is 11.5. The summed E-state index contributed by atoms with van der Waals surface area (Å²) >= 11 is 0. The minimum absolute atomic E-state index is 0.0377. The minimum atomic E-state index is -0.853. The lowest BCUT2D eigenvalue weighted by atomic mass is 10.2. The third kappa shape index (κ3) is 11.0. The Bertz CT molecular complexity index is 295. The van der Waals surface area contributed by atoms with Crippen molar-refractivity contribution < 1.29 is 9.90 Å². The molecule has 3 nitrogen and oxygen atoms in total. The van der Waals surface area contributed by atoms with Gasteiger partial charge in [0.15, 0.2) is 0 Å². The fraction of sp³-hybridized carbons (Fsp3) is 0.533. The Morgan fingerprint density at radius 2 is 1.61 bits per heavy atom. The van der Waals surface area contributed by atoms with Gasteiger partial charge in [0, 0.05) is 5.69 Å². The number of hydrogen-bond acceptors (Lipinski definition) is 2. The van der Waals surface area contributed by atoms with Crippen LogP contribution in [-0.2, 0) is 4.79 Å². The number of hydrogen-bond donors (Lipinski definition) is 2. The predicted molar refractivity (Wildman–Crippen MR) is 77.0 cm³/mol. The standard InChI is InChI=1S/C8H9NO2.C7H16/c10-8(11)6-9-7-4-2-1-3-5-7;1-3-5-7-6-4-2/h1-5,9H,6H2,(H,10,11);3-7H2,1-2H3. The van der Waals surface area contributed by atoms with Crippen LogP contribution in [0, 0.1) is 0 Å². The highest BCUT2D eigenvalue weighted by Crippen LogP contribution is 2.03. The van der Waals surface area contributed by atoms with Crippen LogP contribution in [0.25, 0.3) is 0 Å². The second kappa shape index (κ2) is 12.0. The highest BCUT2D eigenvalue weighted by atomic mass is 16.4. The third-order valence-corrected chi connectivity index (χ3v) is 2.42. The first-order chi connectivity index (χ1) is 8.70. The molecule has 0 atom stereocenters. The molecule has 0 bridgehead atoms. The van der Waals surface area contributed by atoms with Crippen molar-refractivity contribution in [3.63, 3.8) is 0 Å². The third-order valence-electron chi connectivity index (χ3n) is 2.42. The van der Waals surface area contributed by atoms with E-state index in [1.165, 1.54) is 32.1 Å². The number of rotatable bonds is 7. The average Bonchev–Trinajstić information content (AvgIpc) is 2.39. The van der Waals surface area contributed by atoms with E-state index in [0.717, 1.165) is 5.69 Å². The van der Waals surface area contributed by atoms with E-state index in [9.17, 15) is 4.79 Å². The molecule has 0 fully saturated rings. The summed E-state index contributed by atoms with van der Waals surface area (Å²) in [7, 11) is 0. The highest BCUT2D eigenvalue weighted by molar-refractivity contribution is 5.72. The van der Waals surface area contributed by atoms with Crippen LogP contribution >= 0.6 is 0 Å².